The minimum atomic E-state index is -1.03. The molecule has 1 aromatic carbocycles. The number of amides is 2. The van der Waals surface area contributed by atoms with Crippen molar-refractivity contribution in [2.45, 2.75) is 19.4 Å². The van der Waals surface area contributed by atoms with Crippen molar-refractivity contribution in [3.8, 4) is 0 Å². The minimum Gasteiger partial charge on any atom is -0.480 e. The Morgan fingerprint density at radius 1 is 1.25 bits per heavy atom. The lowest BCUT2D eigenvalue weighted by atomic mass is 10.1. The van der Waals surface area contributed by atoms with Crippen molar-refractivity contribution >= 4 is 32.6 Å². The van der Waals surface area contributed by atoms with Crippen LogP contribution >= 0.6 is 15.9 Å². The van der Waals surface area contributed by atoms with E-state index in [4.69, 9.17) is 4.74 Å². The largest absolute Gasteiger partial charge is 0.480 e. The van der Waals surface area contributed by atoms with Crippen LogP contribution in [0.2, 0.25) is 0 Å². The number of morpholine rings is 1. The fourth-order valence-corrected chi connectivity index (χ4v) is 2.06. The predicted molar refractivity (Wildman–Crippen MR) is 92.1 cm³/mol. The number of rotatable bonds is 4. The summed E-state index contributed by atoms with van der Waals surface area (Å²) in [6.07, 6.45) is 0.270. The number of aliphatic carboxylic acids is 1. The van der Waals surface area contributed by atoms with Crippen LogP contribution in [0.25, 0.3) is 0 Å². The molecule has 2 amide bonds. The van der Waals surface area contributed by atoms with Gasteiger partial charge in [0, 0.05) is 26.4 Å². The molecule has 132 valence electrons. The zero-order valence-electron chi connectivity index (χ0n) is 13.4. The molecule has 7 nitrogen and oxygen atoms in total. The molecule has 1 aliphatic rings. The monoisotopic (exact) mass is 400 g/mol. The van der Waals surface area contributed by atoms with Gasteiger partial charge in [-0.25, -0.2) is 9.59 Å². The number of halogens is 1. The van der Waals surface area contributed by atoms with Gasteiger partial charge in [0.25, 0.3) is 0 Å². The number of nitrogens with zero attached hydrogens (tertiary/aromatic N) is 1. The number of carboxylic acid groups (broad SMARTS) is 1. The summed E-state index contributed by atoms with van der Waals surface area (Å²) in [5, 5.41) is 11.8. The van der Waals surface area contributed by atoms with Crippen LogP contribution in [0.3, 0.4) is 0 Å². The van der Waals surface area contributed by atoms with Gasteiger partial charge in [0.1, 0.15) is 6.04 Å². The van der Waals surface area contributed by atoms with Gasteiger partial charge in [-0.3, -0.25) is 4.79 Å². The van der Waals surface area contributed by atoms with Crippen LogP contribution in [0.1, 0.15) is 12.5 Å². The van der Waals surface area contributed by atoms with Crippen LogP contribution in [0.15, 0.2) is 30.3 Å². The third-order valence-corrected chi connectivity index (χ3v) is 3.18. The number of benzene rings is 1. The maximum atomic E-state index is 12.0. The van der Waals surface area contributed by atoms with Crippen LogP contribution in [0, 0.1) is 0 Å². The van der Waals surface area contributed by atoms with Gasteiger partial charge in [-0.05, 0) is 21.5 Å². The van der Waals surface area contributed by atoms with E-state index < -0.39 is 12.0 Å². The first-order valence-corrected chi connectivity index (χ1v) is 8.25. The first-order chi connectivity index (χ1) is 11.4. The number of carbonyl (C=O) groups is 3. The second-order valence-electron chi connectivity index (χ2n) is 5.10. The molecule has 1 saturated heterocycles. The van der Waals surface area contributed by atoms with Crippen molar-refractivity contribution < 1.29 is 24.2 Å². The first kappa shape index (κ1) is 20.1. The summed E-state index contributed by atoms with van der Waals surface area (Å²) in [4.78, 5) is 34.2. The fourth-order valence-electron chi connectivity index (χ4n) is 2.06. The molecule has 1 atom stereocenters. The first-order valence-electron chi connectivity index (χ1n) is 7.46. The van der Waals surface area contributed by atoms with E-state index in [0.29, 0.717) is 26.3 Å². The molecule has 0 saturated carbocycles. The highest BCUT2D eigenvalue weighted by Crippen LogP contribution is 2.05. The van der Waals surface area contributed by atoms with Gasteiger partial charge in [0.05, 0.1) is 13.2 Å². The van der Waals surface area contributed by atoms with Crippen molar-refractivity contribution in [3.05, 3.63) is 35.9 Å². The van der Waals surface area contributed by atoms with Gasteiger partial charge in [-0.15, -0.1) is 0 Å². The average Bonchev–Trinajstić information content (AvgIpc) is 2.55. The summed E-state index contributed by atoms with van der Waals surface area (Å²) >= 11 is 2.63. The van der Waals surface area contributed by atoms with Crippen LogP contribution < -0.4 is 5.32 Å². The molecule has 2 rings (SSSR count). The molecule has 0 spiro atoms. The van der Waals surface area contributed by atoms with Gasteiger partial charge in [0.15, 0.2) is 4.69 Å². The molecule has 8 heteroatoms. The van der Waals surface area contributed by atoms with E-state index in [-0.39, 0.29) is 17.1 Å². The second kappa shape index (κ2) is 10.8. The highest BCUT2D eigenvalue weighted by molar-refractivity contribution is 9.18. The van der Waals surface area contributed by atoms with E-state index in [9.17, 15) is 19.5 Å². The number of carbonyl (C=O) groups excluding carboxylic acids is 2. The molecule has 1 heterocycles. The smallest absolute Gasteiger partial charge is 0.326 e. The number of hydrogen-bond acceptors (Lipinski definition) is 4. The third kappa shape index (κ3) is 8.07. The Morgan fingerprint density at radius 3 is 2.29 bits per heavy atom. The number of ether oxygens (including phenoxy) is 1. The van der Waals surface area contributed by atoms with E-state index in [0.717, 1.165) is 5.56 Å². The summed E-state index contributed by atoms with van der Waals surface area (Å²) < 4.78 is 5.14. The van der Waals surface area contributed by atoms with Crippen molar-refractivity contribution in [1.29, 1.82) is 0 Å². The van der Waals surface area contributed by atoms with Crippen LogP contribution in [-0.2, 0) is 20.7 Å². The molecule has 0 aliphatic carbocycles. The minimum absolute atomic E-state index is 0.0208. The number of nitrogens with one attached hydrogen (secondary N) is 1. The molecule has 0 radical (unpaired) electrons. The van der Waals surface area contributed by atoms with Gasteiger partial charge < -0.3 is 20.1 Å². The van der Waals surface area contributed by atoms with Crippen molar-refractivity contribution in [1.82, 2.24) is 10.2 Å². The Balaban J connectivity index is 0.000000648. The van der Waals surface area contributed by atoms with Crippen LogP contribution in [0.5, 0.6) is 0 Å². The molecule has 0 aromatic heterocycles. The quantitative estimate of drug-likeness (QED) is 0.749. The topological polar surface area (TPSA) is 95.9 Å². The zero-order chi connectivity index (χ0) is 17.9. The van der Waals surface area contributed by atoms with Crippen LogP contribution in [0.4, 0.5) is 4.79 Å². The van der Waals surface area contributed by atoms with Crippen molar-refractivity contribution in [2.75, 3.05) is 26.3 Å². The average molecular weight is 401 g/mol. The predicted octanol–water partition coefficient (Wildman–Crippen LogP) is 1.65. The van der Waals surface area contributed by atoms with E-state index in [1.165, 1.54) is 6.92 Å². The Kier molecular flexibility index (Phi) is 9.03. The maximum absolute atomic E-state index is 12.0. The second-order valence-corrected chi connectivity index (χ2v) is 6.22. The molecule has 0 unspecified atom stereocenters. The van der Waals surface area contributed by atoms with E-state index in [2.05, 4.69) is 21.2 Å². The molecule has 24 heavy (non-hydrogen) atoms. The summed E-state index contributed by atoms with van der Waals surface area (Å²) in [6.45, 7) is 3.40. The molecular formula is C16H21BrN2O5. The van der Waals surface area contributed by atoms with Crippen molar-refractivity contribution in [2.24, 2.45) is 0 Å². The Hall–Kier alpha value is -1.93. The molecule has 1 aromatic rings. The molecule has 1 fully saturated rings. The highest BCUT2D eigenvalue weighted by Gasteiger charge is 2.24. The van der Waals surface area contributed by atoms with Gasteiger partial charge in [-0.2, -0.15) is 0 Å². The number of hydrogen-bond donors (Lipinski definition) is 2. The number of urea groups is 1. The Bertz CT molecular complexity index is 543. The van der Waals surface area contributed by atoms with E-state index >= 15 is 0 Å². The number of carboxylic acids is 1. The highest BCUT2D eigenvalue weighted by atomic mass is 79.9. The van der Waals surface area contributed by atoms with Crippen LogP contribution in [-0.4, -0.2) is 59.0 Å². The Morgan fingerprint density at radius 2 is 1.79 bits per heavy atom. The standard InChI is InChI=1S/C14H18N2O4.C2H3BrO/c17-13(18)12(10-11-4-2-1-3-5-11)15-14(19)16-6-8-20-9-7-16;1-2(3)4/h1-5,12H,6-10H2,(H,15,19)(H,17,18);1H3/t12-;/m0./s1. The summed E-state index contributed by atoms with van der Waals surface area (Å²) in [6, 6.07) is 7.97. The van der Waals surface area contributed by atoms with E-state index in [1.54, 1.807) is 4.90 Å². The molecule has 2 N–H and O–H groups in total. The summed E-state index contributed by atoms with van der Waals surface area (Å²) in [5.41, 5.74) is 0.877. The van der Waals surface area contributed by atoms with Gasteiger partial charge in [-0.1, -0.05) is 30.3 Å². The fraction of sp³-hybridized carbons (Fsp3) is 0.438. The van der Waals surface area contributed by atoms with Gasteiger partial charge >= 0.3 is 12.0 Å². The van der Waals surface area contributed by atoms with Crippen molar-refractivity contribution in [3.63, 3.8) is 0 Å². The molecule has 1 aliphatic heterocycles. The van der Waals surface area contributed by atoms with E-state index in [1.807, 2.05) is 30.3 Å². The zero-order valence-corrected chi connectivity index (χ0v) is 15.0. The normalized spacial score (nSPS) is 14.8. The Labute approximate surface area is 149 Å². The molecule has 0 bridgehead atoms. The maximum Gasteiger partial charge on any atom is 0.326 e. The summed E-state index contributed by atoms with van der Waals surface area (Å²) in [7, 11) is 0. The SMILES string of the molecule is CC(=O)Br.O=C(O)[C@H](Cc1ccccc1)NC(=O)N1CCOCC1. The lowest BCUT2D eigenvalue weighted by Gasteiger charge is -2.28. The lowest BCUT2D eigenvalue weighted by Crippen LogP contribution is -2.51. The summed E-state index contributed by atoms with van der Waals surface area (Å²) in [5.74, 6) is -1.03. The lowest BCUT2D eigenvalue weighted by molar-refractivity contribution is -0.139. The van der Waals surface area contributed by atoms with Gasteiger partial charge in [0.2, 0.25) is 0 Å². The third-order valence-electron chi connectivity index (χ3n) is 3.18. The molecular weight excluding hydrogens is 380 g/mol.